The number of hydrogen-bond acceptors (Lipinski definition) is 4. The van der Waals surface area contributed by atoms with Gasteiger partial charge in [-0.05, 0) is 66.1 Å². The highest BCUT2D eigenvalue weighted by atomic mass is 19.1. The van der Waals surface area contributed by atoms with Crippen molar-refractivity contribution in [3.63, 3.8) is 0 Å². The summed E-state index contributed by atoms with van der Waals surface area (Å²) in [7, 11) is 0. The van der Waals surface area contributed by atoms with Crippen molar-refractivity contribution < 1.29 is 23.5 Å². The SMILES string of the molecule is O=C(CCc1ccc2c(c1)OCO2)NCc1cccc(NC(=O)c2ccc(F)cc2)c1. The molecule has 4 rings (SSSR count). The molecule has 0 aliphatic carbocycles. The van der Waals surface area contributed by atoms with E-state index in [0.29, 0.717) is 36.4 Å². The fourth-order valence-electron chi connectivity index (χ4n) is 3.21. The molecular formula is C24H21FN2O4. The molecule has 0 radical (unpaired) electrons. The lowest BCUT2D eigenvalue weighted by Crippen LogP contribution is -2.23. The molecule has 2 amide bonds. The maximum absolute atomic E-state index is 13.0. The highest BCUT2D eigenvalue weighted by Gasteiger charge is 2.13. The number of aryl methyl sites for hydroxylation is 1. The van der Waals surface area contributed by atoms with Gasteiger partial charge in [0.2, 0.25) is 12.7 Å². The molecule has 3 aromatic rings. The van der Waals surface area contributed by atoms with Gasteiger partial charge in [0.05, 0.1) is 0 Å². The number of anilines is 1. The van der Waals surface area contributed by atoms with E-state index in [4.69, 9.17) is 9.47 Å². The maximum atomic E-state index is 13.0. The molecule has 0 unspecified atom stereocenters. The van der Waals surface area contributed by atoms with Crippen molar-refractivity contribution in [2.24, 2.45) is 0 Å². The number of ether oxygens (including phenoxy) is 2. The number of amides is 2. The number of benzene rings is 3. The van der Waals surface area contributed by atoms with Gasteiger partial charge in [0, 0.05) is 24.2 Å². The summed E-state index contributed by atoms with van der Waals surface area (Å²) in [6.45, 7) is 0.572. The van der Waals surface area contributed by atoms with Gasteiger partial charge < -0.3 is 20.1 Å². The summed E-state index contributed by atoms with van der Waals surface area (Å²) in [5.41, 5.74) is 2.82. The Balaban J connectivity index is 1.27. The Labute approximate surface area is 179 Å². The molecule has 6 nitrogen and oxygen atoms in total. The molecule has 0 spiro atoms. The molecule has 158 valence electrons. The Hall–Kier alpha value is -3.87. The van der Waals surface area contributed by atoms with Gasteiger partial charge in [-0.1, -0.05) is 18.2 Å². The number of rotatable bonds is 7. The van der Waals surface area contributed by atoms with Crippen LogP contribution in [0, 0.1) is 5.82 Å². The van der Waals surface area contributed by atoms with Crippen LogP contribution in [-0.2, 0) is 17.8 Å². The number of carbonyl (C=O) groups is 2. The third-order valence-electron chi connectivity index (χ3n) is 4.86. The minimum Gasteiger partial charge on any atom is -0.454 e. The topological polar surface area (TPSA) is 76.7 Å². The minimum atomic E-state index is -0.396. The summed E-state index contributed by atoms with van der Waals surface area (Å²) in [5, 5.41) is 5.67. The van der Waals surface area contributed by atoms with Crippen LogP contribution in [0.15, 0.2) is 66.7 Å². The first-order valence-corrected chi connectivity index (χ1v) is 9.88. The van der Waals surface area contributed by atoms with Crippen molar-refractivity contribution in [1.82, 2.24) is 5.32 Å². The van der Waals surface area contributed by atoms with E-state index in [9.17, 15) is 14.0 Å². The molecule has 2 N–H and O–H groups in total. The molecule has 0 saturated carbocycles. The van der Waals surface area contributed by atoms with E-state index in [1.807, 2.05) is 24.3 Å². The standard InChI is InChI=1S/C24H21FN2O4/c25-19-8-6-18(7-9-19)24(29)27-20-3-1-2-17(12-20)14-26-23(28)11-5-16-4-10-21-22(13-16)31-15-30-21/h1-4,6-10,12-13H,5,11,14-15H2,(H,26,28)(H,27,29). The summed E-state index contributed by atoms with van der Waals surface area (Å²) in [6, 6.07) is 18.2. The molecule has 3 aromatic carbocycles. The van der Waals surface area contributed by atoms with E-state index in [0.717, 1.165) is 16.9 Å². The first-order chi connectivity index (χ1) is 15.1. The van der Waals surface area contributed by atoms with Gasteiger partial charge in [0.25, 0.3) is 5.91 Å². The normalized spacial score (nSPS) is 11.8. The van der Waals surface area contributed by atoms with Crippen LogP contribution in [0.5, 0.6) is 11.5 Å². The lowest BCUT2D eigenvalue weighted by Gasteiger charge is -2.09. The summed E-state index contributed by atoms with van der Waals surface area (Å²) in [5.74, 6) is 0.633. The van der Waals surface area contributed by atoms with E-state index in [-0.39, 0.29) is 18.6 Å². The zero-order valence-electron chi connectivity index (χ0n) is 16.7. The van der Waals surface area contributed by atoms with Crippen LogP contribution in [-0.4, -0.2) is 18.6 Å². The molecule has 0 atom stereocenters. The summed E-state index contributed by atoms with van der Waals surface area (Å²) in [6.07, 6.45) is 0.941. The number of carbonyl (C=O) groups excluding carboxylic acids is 2. The van der Waals surface area contributed by atoms with Crippen LogP contribution in [0.3, 0.4) is 0 Å². The lowest BCUT2D eigenvalue weighted by molar-refractivity contribution is -0.121. The fourth-order valence-corrected chi connectivity index (χ4v) is 3.21. The minimum absolute atomic E-state index is 0.0709. The summed E-state index contributed by atoms with van der Waals surface area (Å²) >= 11 is 0. The number of halogens is 1. The van der Waals surface area contributed by atoms with Crippen LogP contribution >= 0.6 is 0 Å². The van der Waals surface area contributed by atoms with Gasteiger partial charge in [-0.2, -0.15) is 0 Å². The molecule has 7 heteroatoms. The predicted octanol–water partition coefficient (Wildman–Crippen LogP) is 4.06. The second-order valence-electron chi connectivity index (χ2n) is 7.13. The number of fused-ring (bicyclic) bond motifs is 1. The monoisotopic (exact) mass is 420 g/mol. The van der Waals surface area contributed by atoms with Crippen molar-refractivity contribution in [3.8, 4) is 11.5 Å². The molecule has 0 aromatic heterocycles. The van der Waals surface area contributed by atoms with E-state index >= 15 is 0 Å². The van der Waals surface area contributed by atoms with E-state index in [2.05, 4.69) is 10.6 Å². The van der Waals surface area contributed by atoms with Gasteiger partial charge in [-0.3, -0.25) is 9.59 Å². The van der Waals surface area contributed by atoms with Crippen molar-refractivity contribution in [2.45, 2.75) is 19.4 Å². The second-order valence-corrected chi connectivity index (χ2v) is 7.13. The zero-order chi connectivity index (χ0) is 21.6. The highest BCUT2D eigenvalue weighted by molar-refractivity contribution is 6.04. The van der Waals surface area contributed by atoms with E-state index in [1.54, 1.807) is 18.2 Å². The fraction of sp³-hybridized carbons (Fsp3) is 0.167. The van der Waals surface area contributed by atoms with Crippen LogP contribution in [0.25, 0.3) is 0 Å². The molecule has 1 heterocycles. The van der Waals surface area contributed by atoms with Crippen LogP contribution in [0.2, 0.25) is 0 Å². The molecule has 1 aliphatic heterocycles. The molecule has 31 heavy (non-hydrogen) atoms. The summed E-state index contributed by atoms with van der Waals surface area (Å²) in [4.78, 5) is 24.5. The smallest absolute Gasteiger partial charge is 0.255 e. The van der Waals surface area contributed by atoms with Gasteiger partial charge in [-0.15, -0.1) is 0 Å². The van der Waals surface area contributed by atoms with E-state index in [1.165, 1.54) is 24.3 Å². The maximum Gasteiger partial charge on any atom is 0.255 e. The summed E-state index contributed by atoms with van der Waals surface area (Å²) < 4.78 is 23.6. The van der Waals surface area contributed by atoms with Crippen molar-refractivity contribution >= 4 is 17.5 Å². The first-order valence-electron chi connectivity index (χ1n) is 9.88. The largest absolute Gasteiger partial charge is 0.454 e. The second kappa shape index (κ2) is 9.30. The van der Waals surface area contributed by atoms with Crippen LogP contribution in [0.4, 0.5) is 10.1 Å². The molecule has 0 bridgehead atoms. The van der Waals surface area contributed by atoms with Gasteiger partial charge in [-0.25, -0.2) is 4.39 Å². The number of nitrogens with one attached hydrogen (secondary N) is 2. The molecule has 0 fully saturated rings. The Morgan fingerprint density at radius 2 is 1.71 bits per heavy atom. The quantitative estimate of drug-likeness (QED) is 0.605. The van der Waals surface area contributed by atoms with Crippen molar-refractivity contribution in [1.29, 1.82) is 0 Å². The highest BCUT2D eigenvalue weighted by Crippen LogP contribution is 2.32. The Morgan fingerprint density at radius 3 is 2.55 bits per heavy atom. The average Bonchev–Trinajstić information content (AvgIpc) is 3.25. The average molecular weight is 420 g/mol. The Bertz CT molecular complexity index is 1100. The molecule has 1 aliphatic rings. The lowest BCUT2D eigenvalue weighted by atomic mass is 10.1. The predicted molar refractivity (Wildman–Crippen MR) is 114 cm³/mol. The molecular weight excluding hydrogens is 399 g/mol. The van der Waals surface area contributed by atoms with Gasteiger partial charge in [0.1, 0.15) is 5.82 Å². The van der Waals surface area contributed by atoms with Crippen LogP contribution < -0.4 is 20.1 Å². The third kappa shape index (κ3) is 5.39. The first kappa shape index (κ1) is 20.4. The van der Waals surface area contributed by atoms with Crippen molar-refractivity contribution in [3.05, 3.63) is 89.2 Å². The van der Waals surface area contributed by atoms with Crippen molar-refractivity contribution in [2.75, 3.05) is 12.1 Å². The van der Waals surface area contributed by atoms with Gasteiger partial charge >= 0.3 is 0 Å². The Kier molecular flexibility index (Phi) is 6.12. The van der Waals surface area contributed by atoms with E-state index < -0.39 is 5.82 Å². The third-order valence-corrected chi connectivity index (χ3v) is 4.86. The van der Waals surface area contributed by atoms with Crippen LogP contribution in [0.1, 0.15) is 27.9 Å². The zero-order valence-corrected chi connectivity index (χ0v) is 16.7. The Morgan fingerprint density at radius 1 is 0.903 bits per heavy atom. The number of hydrogen-bond donors (Lipinski definition) is 2. The van der Waals surface area contributed by atoms with Gasteiger partial charge in [0.15, 0.2) is 11.5 Å². The molecule has 0 saturated heterocycles.